The number of ether oxygens (including phenoxy) is 1. The Hall–Kier alpha value is 0.639. The van der Waals surface area contributed by atoms with Gasteiger partial charge in [0.05, 0.1) is 7.11 Å². The smallest absolute Gasteiger partial charge is 0.235 e. The van der Waals surface area contributed by atoms with Crippen molar-refractivity contribution in [1.82, 2.24) is 0 Å². The molecular weight excluding hydrogens is 168 g/mol. The molecule has 0 aliphatic carbocycles. The maximum atomic E-state index is 9.37. The van der Waals surface area contributed by atoms with Crippen LogP contribution in [0.25, 0.3) is 0 Å². The number of rotatable bonds is 0. The molecule has 0 fully saturated rings. The van der Waals surface area contributed by atoms with E-state index in [1.54, 1.807) is 0 Å². The van der Waals surface area contributed by atoms with Crippen molar-refractivity contribution in [2.45, 2.75) is 0 Å². The molecule has 0 bridgehead atoms. The van der Waals surface area contributed by atoms with E-state index in [1.807, 2.05) is 0 Å². The van der Waals surface area contributed by atoms with Crippen LogP contribution in [0, 0.1) is 7.43 Å². The first-order chi connectivity index (χ1) is 2.27. The third-order valence-electron chi connectivity index (χ3n) is 0.201. The van der Waals surface area contributed by atoms with Gasteiger partial charge in [-0.3, -0.25) is 4.79 Å². The average molecular weight is 174 g/mol. The van der Waals surface area contributed by atoms with Gasteiger partial charge >= 0.3 is 0 Å². The minimum Gasteiger partial charge on any atom is -0.478 e. The number of carbonyl (C=O) groups is 1. The topological polar surface area (TPSA) is 26.3 Å². The minimum absolute atomic E-state index is 0. The molecule has 0 rings (SSSR count). The van der Waals surface area contributed by atoms with Gasteiger partial charge < -0.3 is 12.2 Å². The van der Waals surface area contributed by atoms with Crippen LogP contribution in [0.1, 0.15) is 0 Å². The maximum absolute atomic E-state index is 9.37. The Bertz CT molecular complexity index is 48.2. The quantitative estimate of drug-likeness (QED) is 0.391. The van der Waals surface area contributed by atoms with Crippen LogP contribution in [0.4, 0.5) is 4.79 Å². The number of hydrogen-bond donors (Lipinski definition) is 0. The molecule has 4 heteroatoms. The third-order valence-corrected chi connectivity index (χ3v) is 0.201. The monoisotopic (exact) mass is 174 g/mol. The fourth-order valence-corrected chi connectivity index (χ4v) is 0. The normalized spacial score (nSPS) is 4.71. The summed E-state index contributed by atoms with van der Waals surface area (Å²) in [7, 11) is 5.66. The summed E-state index contributed by atoms with van der Waals surface area (Å²) in [6.45, 7) is 0. The van der Waals surface area contributed by atoms with Crippen molar-refractivity contribution in [3.8, 4) is 0 Å². The summed E-state index contributed by atoms with van der Waals surface area (Å²) in [5.41, 5.74) is 0. The summed E-state index contributed by atoms with van der Waals surface area (Å²) in [6.07, 6.45) is 0. The molecule has 7 heavy (non-hydrogen) atoms. The molecule has 2 nitrogen and oxygen atoms in total. The van der Waals surface area contributed by atoms with Gasteiger partial charge in [-0.15, -0.1) is 0 Å². The molecule has 0 aromatic carbocycles. The molecule has 0 aromatic rings. The fourth-order valence-electron chi connectivity index (χ4n) is 0. The molecule has 0 spiro atoms. The molecule has 0 aromatic heterocycles. The van der Waals surface area contributed by atoms with Gasteiger partial charge in [0.1, 0.15) is 0 Å². The van der Waals surface area contributed by atoms with Crippen LogP contribution >= 0.6 is 0 Å². The van der Waals surface area contributed by atoms with Crippen LogP contribution in [-0.4, -0.2) is 20.8 Å². The number of methoxy groups -OCH3 is 1. The van der Waals surface area contributed by atoms with Gasteiger partial charge in [0.25, 0.3) is 0 Å². The molecule has 0 saturated carbocycles. The van der Waals surface area contributed by atoms with E-state index in [-0.39, 0.29) is 40.1 Å². The molecule has 0 heterocycles. The van der Waals surface area contributed by atoms with Gasteiger partial charge in [-0.2, -0.15) is 0 Å². The van der Waals surface area contributed by atoms with Crippen molar-refractivity contribution in [2.24, 2.45) is 0 Å². The van der Waals surface area contributed by atoms with Crippen molar-refractivity contribution in [1.29, 1.82) is 0 Å². The zero-order chi connectivity index (χ0) is 4.28. The fraction of sp³-hybridized carbons (Fsp3) is 0.333. The first-order valence-electron chi connectivity index (χ1n) is 1.11. The van der Waals surface area contributed by atoms with Crippen molar-refractivity contribution in [3.63, 3.8) is 0 Å². The van der Waals surface area contributed by atoms with Gasteiger partial charge in [0.2, 0.25) is 13.7 Å². The largest absolute Gasteiger partial charge is 0.478 e. The van der Waals surface area contributed by atoms with E-state index in [2.05, 4.69) is 12.6 Å². The molecule has 0 aliphatic heterocycles. The van der Waals surface area contributed by atoms with Crippen LogP contribution in [-0.2, 0) is 37.4 Å². The minimum atomic E-state index is -0.745. The Morgan fingerprint density at radius 3 is 1.86 bits per heavy atom. The van der Waals surface area contributed by atoms with Crippen molar-refractivity contribution < 1.29 is 42.2 Å². The Labute approximate surface area is 70.3 Å². The molecule has 0 N–H and O–H groups in total. The summed E-state index contributed by atoms with van der Waals surface area (Å²) in [5, 5.41) is 0. The second kappa shape index (κ2) is 9.81. The zero-order valence-corrected chi connectivity index (χ0v) is 7.31. The molecule has 3 radical (unpaired) electrons. The molecular formula is C3H6BO2Y-. The van der Waals surface area contributed by atoms with Crippen LogP contribution < -0.4 is 0 Å². The van der Waals surface area contributed by atoms with Crippen LogP contribution in [0.15, 0.2) is 0 Å². The Kier molecular flexibility index (Phi) is 21.9. The zero-order valence-electron chi connectivity index (χ0n) is 4.47. The Morgan fingerprint density at radius 1 is 1.71 bits per heavy atom. The summed E-state index contributed by atoms with van der Waals surface area (Å²) in [6, 6.07) is 0. The van der Waals surface area contributed by atoms with Crippen LogP contribution in [0.2, 0.25) is 0 Å². The second-order valence-corrected chi connectivity index (χ2v) is 0.523. The van der Waals surface area contributed by atoms with Crippen molar-refractivity contribution in [3.05, 3.63) is 7.43 Å². The summed E-state index contributed by atoms with van der Waals surface area (Å²) < 4.78 is 3.89. The first-order valence-corrected chi connectivity index (χ1v) is 1.11. The maximum Gasteiger partial charge on any atom is 0.235 e. The average Bonchev–Trinajstić information content (AvgIpc) is 1.38. The van der Waals surface area contributed by atoms with Gasteiger partial charge in [0, 0.05) is 32.7 Å². The van der Waals surface area contributed by atoms with E-state index >= 15 is 0 Å². The number of carbonyl (C=O) groups excluding carboxylic acids is 1. The van der Waals surface area contributed by atoms with Gasteiger partial charge in [-0.1, -0.05) is 0 Å². The van der Waals surface area contributed by atoms with Crippen molar-refractivity contribution >= 4 is 13.7 Å². The van der Waals surface area contributed by atoms with E-state index in [0.717, 1.165) is 0 Å². The van der Waals surface area contributed by atoms with E-state index in [4.69, 9.17) is 0 Å². The molecule has 37 valence electrons. The second-order valence-electron chi connectivity index (χ2n) is 0.523. The first kappa shape index (κ1) is 15.6. The molecule has 0 saturated heterocycles. The Balaban J connectivity index is -0.0000000800. The summed E-state index contributed by atoms with van der Waals surface area (Å²) >= 11 is 0. The van der Waals surface area contributed by atoms with Gasteiger partial charge in [-0.25, -0.2) is 0 Å². The van der Waals surface area contributed by atoms with Crippen LogP contribution in [0.3, 0.4) is 0 Å². The standard InChI is InChI=1S/C2H3BO2.CH3.Y/c1-5-2(3)4;;/h1H3;1H3;/q;-1;. The third kappa shape index (κ3) is 20.5. The Morgan fingerprint density at radius 2 is 1.86 bits per heavy atom. The van der Waals surface area contributed by atoms with E-state index < -0.39 is 5.87 Å². The summed E-state index contributed by atoms with van der Waals surface area (Å²) in [4.78, 5) is 9.37. The predicted molar refractivity (Wildman–Crippen MR) is 24.6 cm³/mol. The number of hydrogen-bond acceptors (Lipinski definition) is 2. The van der Waals surface area contributed by atoms with Gasteiger partial charge in [0.15, 0.2) is 0 Å². The van der Waals surface area contributed by atoms with E-state index in [0.29, 0.717) is 0 Å². The van der Waals surface area contributed by atoms with E-state index in [1.165, 1.54) is 7.11 Å². The predicted octanol–water partition coefficient (Wildman–Crippen LogP) is 0.369. The van der Waals surface area contributed by atoms with E-state index in [9.17, 15) is 4.79 Å². The molecule has 0 atom stereocenters. The summed E-state index contributed by atoms with van der Waals surface area (Å²) in [5.74, 6) is -0.745. The molecule has 0 aliphatic rings. The van der Waals surface area contributed by atoms with Gasteiger partial charge in [-0.05, 0) is 0 Å². The molecule has 0 amide bonds. The molecule has 0 unspecified atom stereocenters. The van der Waals surface area contributed by atoms with Crippen molar-refractivity contribution in [2.75, 3.05) is 7.11 Å². The van der Waals surface area contributed by atoms with Crippen LogP contribution in [0.5, 0.6) is 0 Å². The SMILES string of the molecule is [B]C(=O)OC.[CH3-].[Y].